The van der Waals surface area contributed by atoms with Crippen molar-refractivity contribution in [3.8, 4) is 5.75 Å². The molecule has 0 spiro atoms. The van der Waals surface area contributed by atoms with Crippen molar-refractivity contribution in [3.05, 3.63) is 81.0 Å². The minimum atomic E-state index is -1.13. The van der Waals surface area contributed by atoms with E-state index in [2.05, 4.69) is 0 Å². The maximum atomic E-state index is 12.8. The summed E-state index contributed by atoms with van der Waals surface area (Å²) < 4.78 is 10.7. The summed E-state index contributed by atoms with van der Waals surface area (Å²) in [5.41, 5.74) is 1.95. The molecule has 2 aromatic carbocycles. The molecule has 1 atom stereocenters. The maximum Gasteiger partial charge on any atom is 0.310 e. The van der Waals surface area contributed by atoms with Crippen molar-refractivity contribution in [2.75, 3.05) is 6.61 Å². The van der Waals surface area contributed by atoms with Crippen LogP contribution in [0, 0.1) is 17.0 Å². The van der Waals surface area contributed by atoms with Crippen LogP contribution in [0.3, 0.4) is 0 Å². The fraction of sp³-hybridized carbons (Fsp3) is 0.273. The Hall–Kier alpha value is -3.48. The Labute approximate surface area is 168 Å². The summed E-state index contributed by atoms with van der Waals surface area (Å²) in [6, 6.07) is 13.8. The number of benzene rings is 2. The number of aryl methyl sites for hydroxylation is 1. The van der Waals surface area contributed by atoms with Gasteiger partial charge >= 0.3 is 5.97 Å². The number of fused-ring (bicyclic) bond motifs is 1. The van der Waals surface area contributed by atoms with Gasteiger partial charge in [0.15, 0.2) is 11.9 Å². The summed E-state index contributed by atoms with van der Waals surface area (Å²) in [6.07, 6.45) is -1.60. The number of allylic oxidation sites excluding steroid dienone is 1. The van der Waals surface area contributed by atoms with E-state index in [9.17, 15) is 19.7 Å². The number of carbonyl (C=O) groups excluding carboxylic acids is 2. The normalized spacial score (nSPS) is 15.3. The lowest BCUT2D eigenvalue weighted by Gasteiger charge is -2.25. The summed E-state index contributed by atoms with van der Waals surface area (Å²) in [5.74, 6) is -0.439. The summed E-state index contributed by atoms with van der Waals surface area (Å²) in [5, 5.41) is 11.9. The molecular weight excluding hydrogens is 374 g/mol. The van der Waals surface area contributed by atoms with Gasteiger partial charge in [-0.15, -0.1) is 0 Å². The van der Waals surface area contributed by atoms with Gasteiger partial charge in [0.1, 0.15) is 5.75 Å². The highest BCUT2D eigenvalue weighted by atomic mass is 16.6. The Morgan fingerprint density at radius 3 is 2.48 bits per heavy atom. The molecule has 0 bridgehead atoms. The second-order valence-corrected chi connectivity index (χ2v) is 6.70. The maximum absolute atomic E-state index is 12.8. The van der Waals surface area contributed by atoms with Crippen molar-refractivity contribution < 1.29 is 24.0 Å². The first-order valence-corrected chi connectivity index (χ1v) is 9.29. The van der Waals surface area contributed by atoms with Crippen molar-refractivity contribution >= 4 is 17.3 Å². The molecule has 0 saturated heterocycles. The van der Waals surface area contributed by atoms with Crippen LogP contribution in [-0.4, -0.2) is 29.4 Å². The molecule has 0 fully saturated rings. The quantitative estimate of drug-likeness (QED) is 0.305. The fourth-order valence-corrected chi connectivity index (χ4v) is 3.29. The zero-order valence-electron chi connectivity index (χ0n) is 16.2. The number of Topliss-reactive ketones (excluding diaryl/α,β-unsaturated/α-hetero) is 1. The molecule has 29 heavy (non-hydrogen) atoms. The molecular formula is C22H21NO6. The summed E-state index contributed by atoms with van der Waals surface area (Å²) in [7, 11) is 0. The van der Waals surface area contributed by atoms with Gasteiger partial charge in [-0.2, -0.15) is 0 Å². The van der Waals surface area contributed by atoms with E-state index in [4.69, 9.17) is 9.47 Å². The van der Waals surface area contributed by atoms with Gasteiger partial charge in [0.05, 0.1) is 18.0 Å². The van der Waals surface area contributed by atoms with Crippen LogP contribution >= 0.6 is 0 Å². The lowest BCUT2D eigenvalue weighted by molar-refractivity contribution is -0.434. The monoisotopic (exact) mass is 395 g/mol. The number of hydrogen-bond acceptors (Lipinski definition) is 6. The van der Waals surface area contributed by atoms with Gasteiger partial charge in [0.2, 0.25) is 0 Å². The average molecular weight is 395 g/mol. The van der Waals surface area contributed by atoms with Crippen molar-refractivity contribution in [1.82, 2.24) is 0 Å². The van der Waals surface area contributed by atoms with Crippen LogP contribution < -0.4 is 4.74 Å². The fourth-order valence-electron chi connectivity index (χ4n) is 3.29. The van der Waals surface area contributed by atoms with Gasteiger partial charge in [-0.3, -0.25) is 19.7 Å². The number of rotatable bonds is 7. The SMILES string of the molecule is CCOC(=O)C[C@@H]1Oc2ccccc2C(CC(=O)c2ccc(C)cc2)=C1[N+](=O)[O-]. The number of carbonyl (C=O) groups is 2. The van der Waals surface area contributed by atoms with Gasteiger partial charge < -0.3 is 9.47 Å². The van der Waals surface area contributed by atoms with E-state index in [0.29, 0.717) is 16.9 Å². The Morgan fingerprint density at radius 1 is 1.14 bits per heavy atom. The third-order valence-electron chi connectivity index (χ3n) is 4.66. The minimum Gasteiger partial charge on any atom is -0.478 e. The predicted molar refractivity (Wildman–Crippen MR) is 106 cm³/mol. The van der Waals surface area contributed by atoms with Crippen molar-refractivity contribution in [2.45, 2.75) is 32.8 Å². The van der Waals surface area contributed by atoms with Gasteiger partial charge in [0.25, 0.3) is 5.70 Å². The second-order valence-electron chi connectivity index (χ2n) is 6.70. The van der Waals surface area contributed by atoms with E-state index < -0.39 is 17.0 Å². The summed E-state index contributed by atoms with van der Waals surface area (Å²) in [4.78, 5) is 36.1. The highest BCUT2D eigenvalue weighted by Gasteiger charge is 2.39. The molecule has 3 rings (SSSR count). The van der Waals surface area contributed by atoms with Crippen LogP contribution in [0.5, 0.6) is 5.75 Å². The van der Waals surface area contributed by atoms with Crippen molar-refractivity contribution in [2.24, 2.45) is 0 Å². The molecule has 0 amide bonds. The lowest BCUT2D eigenvalue weighted by atomic mass is 9.90. The summed E-state index contributed by atoms with van der Waals surface area (Å²) >= 11 is 0. The molecule has 1 aliphatic heterocycles. The van der Waals surface area contributed by atoms with Crippen LogP contribution in [0.1, 0.15) is 41.3 Å². The molecule has 7 nitrogen and oxygen atoms in total. The van der Waals surface area contributed by atoms with Crippen LogP contribution in [0.4, 0.5) is 0 Å². The predicted octanol–water partition coefficient (Wildman–Crippen LogP) is 3.97. The molecule has 0 N–H and O–H groups in total. The van der Waals surface area contributed by atoms with Gasteiger partial charge in [0, 0.05) is 23.1 Å². The van der Waals surface area contributed by atoms with E-state index in [1.165, 1.54) is 0 Å². The standard InChI is InChI=1S/C22H21NO6/c1-3-28-21(25)13-20-22(23(26)27)17(16-6-4-5-7-19(16)29-20)12-18(24)15-10-8-14(2)9-11-15/h4-11,20H,3,12-13H2,1-2H3/t20-/m0/s1. The Bertz CT molecular complexity index is 977. The number of esters is 1. The highest BCUT2D eigenvalue weighted by molar-refractivity contribution is 6.03. The molecule has 1 heterocycles. The van der Waals surface area contributed by atoms with Gasteiger partial charge in [-0.05, 0) is 19.9 Å². The number of para-hydroxylation sites is 1. The average Bonchev–Trinajstić information content (AvgIpc) is 2.68. The number of ether oxygens (including phenoxy) is 2. The first-order chi connectivity index (χ1) is 13.9. The van der Waals surface area contributed by atoms with E-state index >= 15 is 0 Å². The van der Waals surface area contributed by atoms with Crippen LogP contribution in [0.25, 0.3) is 5.57 Å². The van der Waals surface area contributed by atoms with E-state index in [-0.39, 0.29) is 36.5 Å². The number of nitro groups is 1. The molecule has 0 radical (unpaired) electrons. The first-order valence-electron chi connectivity index (χ1n) is 9.29. The third-order valence-corrected chi connectivity index (χ3v) is 4.66. The smallest absolute Gasteiger partial charge is 0.310 e. The zero-order chi connectivity index (χ0) is 21.0. The first kappa shape index (κ1) is 20.3. The molecule has 7 heteroatoms. The van der Waals surface area contributed by atoms with Gasteiger partial charge in [-0.1, -0.05) is 48.0 Å². The number of nitrogens with zero attached hydrogens (tertiary/aromatic N) is 1. The molecule has 1 aliphatic rings. The Kier molecular flexibility index (Phi) is 6.07. The van der Waals surface area contributed by atoms with Crippen LogP contribution in [-0.2, 0) is 9.53 Å². The number of ketones is 1. The molecule has 150 valence electrons. The van der Waals surface area contributed by atoms with Crippen molar-refractivity contribution in [1.29, 1.82) is 0 Å². The zero-order valence-corrected chi connectivity index (χ0v) is 16.2. The third kappa shape index (κ3) is 4.51. The molecule has 0 saturated carbocycles. The second kappa shape index (κ2) is 8.68. The van der Waals surface area contributed by atoms with Gasteiger partial charge in [-0.25, -0.2) is 0 Å². The van der Waals surface area contributed by atoms with E-state index in [1.54, 1.807) is 43.3 Å². The Balaban J connectivity index is 2.03. The van der Waals surface area contributed by atoms with Crippen LogP contribution in [0.15, 0.2) is 54.2 Å². The largest absolute Gasteiger partial charge is 0.478 e. The Morgan fingerprint density at radius 2 is 1.83 bits per heavy atom. The number of hydrogen-bond donors (Lipinski definition) is 0. The van der Waals surface area contributed by atoms with E-state index in [0.717, 1.165) is 5.56 Å². The summed E-state index contributed by atoms with van der Waals surface area (Å²) in [6.45, 7) is 3.74. The minimum absolute atomic E-state index is 0.165. The van der Waals surface area contributed by atoms with E-state index in [1.807, 2.05) is 19.1 Å². The lowest BCUT2D eigenvalue weighted by Crippen LogP contribution is -2.32. The topological polar surface area (TPSA) is 95.7 Å². The highest BCUT2D eigenvalue weighted by Crippen LogP contribution is 2.39. The molecule has 0 unspecified atom stereocenters. The molecule has 0 aliphatic carbocycles. The van der Waals surface area contributed by atoms with Crippen molar-refractivity contribution in [3.63, 3.8) is 0 Å². The molecule has 0 aromatic heterocycles. The van der Waals surface area contributed by atoms with Crippen LogP contribution in [0.2, 0.25) is 0 Å². The molecule has 2 aromatic rings.